The number of rotatable bonds is 3. The van der Waals surface area contributed by atoms with Crippen LogP contribution >= 0.6 is 0 Å². The number of alkyl halides is 1. The molecule has 218 valence electrons. The van der Waals surface area contributed by atoms with Gasteiger partial charge in [0, 0.05) is 25.4 Å². The molecule has 1 aromatic heterocycles. The molecule has 10 heteroatoms. The molecule has 3 heterocycles. The van der Waals surface area contributed by atoms with Crippen LogP contribution in [-0.4, -0.2) is 70.3 Å². The highest BCUT2D eigenvalue weighted by atomic mass is 19.1. The minimum Gasteiger partial charge on any atom is -0.460 e. The summed E-state index contributed by atoms with van der Waals surface area (Å²) in [7, 11) is 0. The average molecular weight is 558 g/mol. The van der Waals surface area contributed by atoms with Crippen LogP contribution in [-0.2, 0) is 20.7 Å². The summed E-state index contributed by atoms with van der Waals surface area (Å²) < 4.78 is 26.0. The van der Waals surface area contributed by atoms with Crippen molar-refractivity contribution >= 4 is 17.8 Å². The van der Waals surface area contributed by atoms with Gasteiger partial charge < -0.3 is 24.5 Å². The van der Waals surface area contributed by atoms with E-state index in [0.29, 0.717) is 31.4 Å². The van der Waals surface area contributed by atoms with Crippen molar-refractivity contribution in [2.24, 2.45) is 11.8 Å². The smallest absolute Gasteiger partial charge is 0.329 e. The molecule has 2 N–H and O–H groups in total. The Bertz CT molecular complexity index is 1140. The Balaban J connectivity index is 1.89. The maximum atomic E-state index is 14.7. The van der Waals surface area contributed by atoms with Crippen molar-refractivity contribution in [2.45, 2.75) is 77.3 Å². The van der Waals surface area contributed by atoms with Crippen molar-refractivity contribution in [2.75, 3.05) is 13.1 Å². The number of carbonyl (C=O) groups excluding carboxylic acids is 3. The molecule has 0 aliphatic carbocycles. The summed E-state index contributed by atoms with van der Waals surface area (Å²) in [6.45, 7) is 10.0. The second-order valence-electron chi connectivity index (χ2n) is 10.6. The largest absolute Gasteiger partial charge is 0.460 e. The molecule has 0 spiro atoms. The third-order valence-corrected chi connectivity index (χ3v) is 6.95. The first kappa shape index (κ1) is 31.0. The zero-order valence-corrected chi connectivity index (χ0v) is 23.4. The SMILES string of the molecule is C=CCC1/C=C/C(=O)NC/C=C/C(C)=C/C(O)CC(F)Cc2nc(co2)C(=O)N2CCCC2C(=O)OC1C(C)C. The Morgan fingerprint density at radius 3 is 2.80 bits per heavy atom. The van der Waals surface area contributed by atoms with Gasteiger partial charge in [-0.05, 0) is 38.2 Å². The predicted molar refractivity (Wildman–Crippen MR) is 148 cm³/mol. The molecular weight excluding hydrogens is 517 g/mol. The van der Waals surface area contributed by atoms with E-state index in [9.17, 15) is 23.9 Å². The van der Waals surface area contributed by atoms with E-state index in [0.717, 1.165) is 0 Å². The van der Waals surface area contributed by atoms with Crippen LogP contribution in [0.1, 0.15) is 62.8 Å². The number of carbonyl (C=O) groups is 3. The number of hydrogen-bond acceptors (Lipinski definition) is 7. The van der Waals surface area contributed by atoms with E-state index < -0.39 is 36.3 Å². The molecule has 1 fully saturated rings. The molecular formula is C30H40FN3O6. The molecule has 5 atom stereocenters. The second kappa shape index (κ2) is 14.7. The van der Waals surface area contributed by atoms with Gasteiger partial charge in [-0.25, -0.2) is 14.2 Å². The first-order valence-corrected chi connectivity index (χ1v) is 13.8. The molecule has 0 saturated carbocycles. The Labute approximate surface area is 234 Å². The van der Waals surface area contributed by atoms with Crippen molar-refractivity contribution in [3.8, 4) is 0 Å². The van der Waals surface area contributed by atoms with Crippen molar-refractivity contribution in [3.63, 3.8) is 0 Å². The zero-order chi connectivity index (χ0) is 29.2. The lowest BCUT2D eigenvalue weighted by Crippen LogP contribution is -2.44. The summed E-state index contributed by atoms with van der Waals surface area (Å²) >= 11 is 0. The van der Waals surface area contributed by atoms with Crippen molar-refractivity contribution in [1.82, 2.24) is 15.2 Å². The van der Waals surface area contributed by atoms with E-state index in [1.165, 1.54) is 23.3 Å². The molecule has 2 aliphatic rings. The maximum Gasteiger partial charge on any atom is 0.329 e. The lowest BCUT2D eigenvalue weighted by atomic mass is 9.89. The fraction of sp³-hybridized carbons (Fsp3) is 0.533. The molecule has 2 bridgehead atoms. The number of cyclic esters (lactones) is 1. The van der Waals surface area contributed by atoms with Crippen molar-refractivity contribution < 1.29 is 33.0 Å². The van der Waals surface area contributed by atoms with E-state index in [1.807, 2.05) is 13.8 Å². The quantitative estimate of drug-likeness (QED) is 0.428. The molecule has 3 rings (SSSR count). The lowest BCUT2D eigenvalue weighted by molar-refractivity contribution is -0.158. The van der Waals surface area contributed by atoms with Crippen molar-refractivity contribution in [1.29, 1.82) is 0 Å². The number of halogens is 1. The first-order chi connectivity index (χ1) is 19.1. The van der Waals surface area contributed by atoms with E-state index in [1.54, 1.807) is 31.2 Å². The highest BCUT2D eigenvalue weighted by molar-refractivity contribution is 5.95. The second-order valence-corrected chi connectivity index (χ2v) is 10.6. The maximum absolute atomic E-state index is 14.7. The Morgan fingerprint density at radius 1 is 1.30 bits per heavy atom. The van der Waals surface area contributed by atoms with Crippen LogP contribution in [0.25, 0.3) is 0 Å². The number of aliphatic hydroxyl groups excluding tert-OH is 1. The van der Waals surface area contributed by atoms with E-state index in [2.05, 4.69) is 16.9 Å². The number of oxazole rings is 1. The number of esters is 1. The standard InChI is InChI=1S/C30H40FN3O6/c1-5-8-21-11-12-26(36)32-13-6-9-20(4)15-23(35)16-22(31)17-27-33-24(18-39-27)29(37)34-14-7-10-25(34)30(38)40-28(21)19(2)3/h5-6,9,11-12,15,18-19,21-23,25,28,35H,1,7-8,10,13-14,16-17H2,2-4H3,(H,32,36)/b9-6+,12-11+,20-15+. The minimum absolute atomic E-state index is 0.0133. The van der Waals surface area contributed by atoms with Gasteiger partial charge in [0.25, 0.3) is 5.91 Å². The molecule has 2 amide bonds. The van der Waals surface area contributed by atoms with E-state index >= 15 is 0 Å². The van der Waals surface area contributed by atoms with Crippen LogP contribution in [0.15, 0.2) is 59.3 Å². The summed E-state index contributed by atoms with van der Waals surface area (Å²) in [4.78, 5) is 44.6. The van der Waals surface area contributed by atoms with Crippen LogP contribution in [0.3, 0.4) is 0 Å². The Kier molecular flexibility index (Phi) is 11.4. The monoisotopic (exact) mass is 557 g/mol. The normalized spacial score (nSPS) is 30.6. The molecule has 40 heavy (non-hydrogen) atoms. The molecule has 0 aromatic carbocycles. The number of ether oxygens (including phenoxy) is 1. The van der Waals surface area contributed by atoms with Gasteiger partial charge in [0.1, 0.15) is 24.6 Å². The predicted octanol–water partition coefficient (Wildman–Crippen LogP) is 3.86. The number of allylic oxidation sites excluding steroid dienone is 3. The number of fused-ring (bicyclic) bond motifs is 3. The fourth-order valence-electron chi connectivity index (χ4n) is 4.99. The van der Waals surface area contributed by atoms with E-state index in [4.69, 9.17) is 9.15 Å². The molecule has 9 nitrogen and oxygen atoms in total. The zero-order valence-electron chi connectivity index (χ0n) is 23.4. The average Bonchev–Trinajstić information content (AvgIpc) is 3.56. The Morgan fingerprint density at radius 2 is 2.08 bits per heavy atom. The molecule has 2 aliphatic heterocycles. The number of aromatic nitrogens is 1. The van der Waals surface area contributed by atoms with Crippen LogP contribution in [0.2, 0.25) is 0 Å². The lowest BCUT2D eigenvalue weighted by Gasteiger charge is -2.30. The number of nitrogens with zero attached hydrogens (tertiary/aromatic N) is 2. The third-order valence-electron chi connectivity index (χ3n) is 6.95. The van der Waals surface area contributed by atoms with Gasteiger partial charge >= 0.3 is 5.97 Å². The summed E-state index contributed by atoms with van der Waals surface area (Å²) in [5.41, 5.74) is 0.695. The van der Waals surface area contributed by atoms with Gasteiger partial charge in [-0.2, -0.15) is 0 Å². The topological polar surface area (TPSA) is 122 Å². The molecule has 1 saturated heterocycles. The van der Waals surface area contributed by atoms with Gasteiger partial charge in [-0.3, -0.25) is 9.59 Å². The Hall–Kier alpha value is -3.53. The minimum atomic E-state index is -1.46. The summed E-state index contributed by atoms with van der Waals surface area (Å²) in [5.74, 6) is -1.66. The van der Waals surface area contributed by atoms with Gasteiger partial charge in [-0.15, -0.1) is 6.58 Å². The first-order valence-electron chi connectivity index (χ1n) is 13.8. The number of aliphatic hydroxyl groups is 1. The van der Waals surface area contributed by atoms with Gasteiger partial charge in [-0.1, -0.05) is 49.8 Å². The fourth-order valence-corrected chi connectivity index (χ4v) is 4.99. The third kappa shape index (κ3) is 8.74. The molecule has 5 unspecified atom stereocenters. The van der Waals surface area contributed by atoms with E-state index in [-0.39, 0.29) is 48.7 Å². The summed E-state index contributed by atoms with van der Waals surface area (Å²) in [5, 5.41) is 13.0. The van der Waals surface area contributed by atoms with Crippen molar-refractivity contribution in [3.05, 3.63) is 66.5 Å². The number of hydrogen-bond donors (Lipinski definition) is 2. The molecule has 0 radical (unpaired) electrons. The highest BCUT2D eigenvalue weighted by Crippen LogP contribution is 2.27. The highest BCUT2D eigenvalue weighted by Gasteiger charge is 2.39. The van der Waals surface area contributed by atoms with Crippen LogP contribution in [0.5, 0.6) is 0 Å². The summed E-state index contributed by atoms with van der Waals surface area (Å²) in [6, 6.07) is -0.793. The van der Waals surface area contributed by atoms with Crippen LogP contribution in [0, 0.1) is 11.8 Å². The number of amides is 2. The molecule has 1 aromatic rings. The van der Waals surface area contributed by atoms with Crippen LogP contribution in [0.4, 0.5) is 4.39 Å². The van der Waals surface area contributed by atoms with Gasteiger partial charge in [0.15, 0.2) is 11.6 Å². The van der Waals surface area contributed by atoms with Gasteiger partial charge in [0.05, 0.1) is 12.5 Å². The summed E-state index contributed by atoms with van der Waals surface area (Å²) in [6.07, 6.45) is 9.11. The van der Waals surface area contributed by atoms with Gasteiger partial charge in [0.2, 0.25) is 5.91 Å². The van der Waals surface area contributed by atoms with Crippen LogP contribution < -0.4 is 5.32 Å². The number of nitrogens with one attached hydrogen (secondary N) is 1.